The van der Waals surface area contributed by atoms with Crippen molar-refractivity contribution in [3.05, 3.63) is 11.6 Å². The van der Waals surface area contributed by atoms with E-state index in [-0.39, 0.29) is 5.97 Å². The number of carbonyl (C=O) groups is 1. The van der Waals surface area contributed by atoms with Crippen molar-refractivity contribution in [2.75, 3.05) is 26.7 Å². The summed E-state index contributed by atoms with van der Waals surface area (Å²) in [4.78, 5) is 13.4. The number of ether oxygens (including phenoxy) is 1. The zero-order chi connectivity index (χ0) is 11.7. The molecule has 0 atom stereocenters. The number of methoxy groups -OCH3 is 1. The summed E-state index contributed by atoms with van der Waals surface area (Å²) in [6.07, 6.45) is 4.35. The Kier molecular flexibility index (Phi) is 8.01. The zero-order valence-corrected chi connectivity index (χ0v) is 10.4. The topological polar surface area (TPSA) is 29.5 Å². The molecule has 0 aliphatic heterocycles. The van der Waals surface area contributed by atoms with Gasteiger partial charge in [-0.2, -0.15) is 0 Å². The molecule has 0 spiro atoms. The number of esters is 1. The number of rotatable bonds is 7. The van der Waals surface area contributed by atoms with Crippen LogP contribution >= 0.6 is 0 Å². The molecule has 15 heavy (non-hydrogen) atoms. The standard InChI is InChI=1S/C12H23NO2/c1-5-7-9-13(6-2)10-8-11(3)12(14)15-4/h8H,5-7,9-10H2,1-4H3. The van der Waals surface area contributed by atoms with Crippen molar-refractivity contribution in [3.8, 4) is 0 Å². The van der Waals surface area contributed by atoms with Gasteiger partial charge in [0.15, 0.2) is 0 Å². The normalized spacial score (nSPS) is 11.9. The lowest BCUT2D eigenvalue weighted by Gasteiger charge is -2.18. The van der Waals surface area contributed by atoms with Crippen LogP contribution in [0.3, 0.4) is 0 Å². The van der Waals surface area contributed by atoms with Crippen molar-refractivity contribution < 1.29 is 9.53 Å². The molecule has 0 amide bonds. The van der Waals surface area contributed by atoms with Crippen molar-refractivity contribution >= 4 is 5.97 Å². The van der Waals surface area contributed by atoms with E-state index in [0.717, 1.165) is 19.6 Å². The molecule has 0 radical (unpaired) electrons. The van der Waals surface area contributed by atoms with Gasteiger partial charge in [-0.1, -0.05) is 26.3 Å². The van der Waals surface area contributed by atoms with Crippen molar-refractivity contribution in [3.63, 3.8) is 0 Å². The Bertz CT molecular complexity index is 212. The summed E-state index contributed by atoms with van der Waals surface area (Å²) < 4.78 is 4.63. The van der Waals surface area contributed by atoms with E-state index < -0.39 is 0 Å². The van der Waals surface area contributed by atoms with Gasteiger partial charge in [0, 0.05) is 12.1 Å². The monoisotopic (exact) mass is 213 g/mol. The SMILES string of the molecule is CCCCN(CC)CC=C(C)C(=O)OC. The third-order valence-corrected chi connectivity index (χ3v) is 2.44. The maximum Gasteiger partial charge on any atom is 0.333 e. The van der Waals surface area contributed by atoms with Crippen LogP contribution in [0.1, 0.15) is 33.6 Å². The summed E-state index contributed by atoms with van der Waals surface area (Å²) in [6, 6.07) is 0. The summed E-state index contributed by atoms with van der Waals surface area (Å²) in [5.41, 5.74) is 0.687. The Balaban J connectivity index is 4.02. The van der Waals surface area contributed by atoms with Crippen LogP contribution in [0.5, 0.6) is 0 Å². The third kappa shape index (κ3) is 6.28. The van der Waals surface area contributed by atoms with E-state index in [4.69, 9.17) is 0 Å². The lowest BCUT2D eigenvalue weighted by Crippen LogP contribution is -2.25. The van der Waals surface area contributed by atoms with Crippen LogP contribution in [0.15, 0.2) is 11.6 Å². The fourth-order valence-corrected chi connectivity index (χ4v) is 1.27. The smallest absolute Gasteiger partial charge is 0.333 e. The van der Waals surface area contributed by atoms with E-state index in [1.54, 1.807) is 6.92 Å². The Morgan fingerprint density at radius 1 is 1.40 bits per heavy atom. The molecule has 0 aliphatic rings. The van der Waals surface area contributed by atoms with E-state index in [0.29, 0.717) is 5.57 Å². The van der Waals surface area contributed by atoms with Crippen molar-refractivity contribution in [1.82, 2.24) is 4.90 Å². The molecule has 0 heterocycles. The molecule has 0 N–H and O–H groups in total. The second-order valence-electron chi connectivity index (χ2n) is 3.63. The second kappa shape index (κ2) is 8.48. The Morgan fingerprint density at radius 3 is 2.53 bits per heavy atom. The molecule has 0 saturated heterocycles. The van der Waals surface area contributed by atoms with Crippen LogP contribution in [0.25, 0.3) is 0 Å². The quantitative estimate of drug-likeness (QED) is 0.480. The molecular formula is C12H23NO2. The molecule has 0 rings (SSSR count). The van der Waals surface area contributed by atoms with Gasteiger partial charge in [0.25, 0.3) is 0 Å². The minimum atomic E-state index is -0.235. The zero-order valence-electron chi connectivity index (χ0n) is 10.4. The summed E-state index contributed by atoms with van der Waals surface area (Å²) in [7, 11) is 1.41. The summed E-state index contributed by atoms with van der Waals surface area (Å²) >= 11 is 0. The van der Waals surface area contributed by atoms with Gasteiger partial charge >= 0.3 is 5.97 Å². The van der Waals surface area contributed by atoms with Gasteiger partial charge in [0.05, 0.1) is 7.11 Å². The molecule has 88 valence electrons. The number of likely N-dealkylation sites (N-methyl/N-ethyl adjacent to an activating group) is 1. The molecular weight excluding hydrogens is 190 g/mol. The van der Waals surface area contributed by atoms with E-state index in [1.165, 1.54) is 20.0 Å². The molecule has 0 unspecified atom stereocenters. The molecule has 0 fully saturated rings. The van der Waals surface area contributed by atoms with Crippen LogP contribution in [0, 0.1) is 0 Å². The largest absolute Gasteiger partial charge is 0.466 e. The average molecular weight is 213 g/mol. The first kappa shape index (κ1) is 14.2. The number of unbranched alkanes of at least 4 members (excludes halogenated alkanes) is 1. The fourth-order valence-electron chi connectivity index (χ4n) is 1.27. The molecule has 0 aromatic rings. The summed E-state index contributed by atoms with van der Waals surface area (Å²) in [6.45, 7) is 9.06. The Hall–Kier alpha value is -0.830. The van der Waals surface area contributed by atoms with Gasteiger partial charge in [-0.15, -0.1) is 0 Å². The average Bonchev–Trinajstić information content (AvgIpc) is 2.27. The highest BCUT2D eigenvalue weighted by atomic mass is 16.5. The molecule has 0 aromatic heterocycles. The third-order valence-electron chi connectivity index (χ3n) is 2.44. The maximum absolute atomic E-state index is 11.1. The van der Waals surface area contributed by atoms with E-state index in [9.17, 15) is 4.79 Å². The molecule has 0 saturated carbocycles. The first-order valence-corrected chi connectivity index (χ1v) is 5.63. The molecule has 0 aromatic carbocycles. The van der Waals surface area contributed by atoms with Crippen LogP contribution in [-0.2, 0) is 9.53 Å². The van der Waals surface area contributed by atoms with Crippen molar-refractivity contribution in [2.24, 2.45) is 0 Å². The van der Waals surface area contributed by atoms with Crippen LogP contribution in [0.2, 0.25) is 0 Å². The predicted molar refractivity (Wildman–Crippen MR) is 62.8 cm³/mol. The van der Waals surface area contributed by atoms with Crippen molar-refractivity contribution in [1.29, 1.82) is 0 Å². The van der Waals surface area contributed by atoms with Gasteiger partial charge < -0.3 is 4.74 Å². The first-order valence-electron chi connectivity index (χ1n) is 5.63. The Morgan fingerprint density at radius 2 is 2.07 bits per heavy atom. The number of nitrogens with zero attached hydrogens (tertiary/aromatic N) is 1. The van der Waals surface area contributed by atoms with Gasteiger partial charge in [0.2, 0.25) is 0 Å². The minimum absolute atomic E-state index is 0.235. The lowest BCUT2D eigenvalue weighted by atomic mass is 10.2. The first-order chi connectivity index (χ1) is 7.15. The Labute approximate surface area is 93.1 Å². The van der Waals surface area contributed by atoms with Crippen LogP contribution in [0.4, 0.5) is 0 Å². The molecule has 0 bridgehead atoms. The summed E-state index contributed by atoms with van der Waals surface area (Å²) in [5.74, 6) is -0.235. The van der Waals surface area contributed by atoms with Crippen molar-refractivity contribution in [2.45, 2.75) is 33.6 Å². The van der Waals surface area contributed by atoms with Gasteiger partial charge in [-0.3, -0.25) is 4.90 Å². The van der Waals surface area contributed by atoms with Crippen LogP contribution < -0.4 is 0 Å². The predicted octanol–water partition coefficient (Wildman–Crippen LogP) is 2.23. The van der Waals surface area contributed by atoms with Crippen LogP contribution in [-0.4, -0.2) is 37.6 Å². The highest BCUT2D eigenvalue weighted by Gasteiger charge is 2.04. The van der Waals surface area contributed by atoms with Gasteiger partial charge in [-0.05, 0) is 26.4 Å². The van der Waals surface area contributed by atoms with Gasteiger partial charge in [-0.25, -0.2) is 4.79 Å². The highest BCUT2D eigenvalue weighted by molar-refractivity contribution is 5.87. The van der Waals surface area contributed by atoms with E-state index in [1.807, 2.05) is 6.08 Å². The lowest BCUT2D eigenvalue weighted by molar-refractivity contribution is -0.136. The molecule has 3 heteroatoms. The molecule has 0 aliphatic carbocycles. The number of hydrogen-bond donors (Lipinski definition) is 0. The van der Waals surface area contributed by atoms with E-state index in [2.05, 4.69) is 23.5 Å². The summed E-state index contributed by atoms with van der Waals surface area (Å²) in [5, 5.41) is 0. The maximum atomic E-state index is 11.1. The number of hydrogen-bond acceptors (Lipinski definition) is 3. The second-order valence-corrected chi connectivity index (χ2v) is 3.63. The van der Waals surface area contributed by atoms with Gasteiger partial charge in [0.1, 0.15) is 0 Å². The highest BCUT2D eigenvalue weighted by Crippen LogP contribution is 1.99. The van der Waals surface area contributed by atoms with E-state index >= 15 is 0 Å². The molecule has 3 nitrogen and oxygen atoms in total. The minimum Gasteiger partial charge on any atom is -0.466 e. The number of carbonyl (C=O) groups excluding carboxylic acids is 1. The fraction of sp³-hybridized carbons (Fsp3) is 0.750.